The van der Waals surface area contributed by atoms with Crippen LogP contribution in [-0.2, 0) is 5.41 Å². The average Bonchev–Trinajstić information content (AvgIpc) is 3.85. The van der Waals surface area contributed by atoms with Gasteiger partial charge in [-0.3, -0.25) is 9.97 Å². The fourth-order valence-electron chi connectivity index (χ4n) is 10.1. The molecule has 0 saturated carbocycles. The normalized spacial score (nSPS) is 21.8. The number of fused-ring (bicyclic) bond motifs is 4. The standard InChI is InChI=1S/C45H36N6O/c1-27-41(31-21-23-33(46-25-31)29-13-7-5-8-14-29)48(3)43-45-39-35(50(27)43)17-11-19-37(39)52-38-20-12-18-36(40(38)45)51-28(2)42(49(4)44(45)51)32-22-24-34(47-26-32)30-15-9-6-10-16-30/h5-26,43-44H,1-4H3. The summed E-state index contributed by atoms with van der Waals surface area (Å²) in [5.74, 6) is 1.87. The minimum absolute atomic E-state index is 0.0422. The molecular weight excluding hydrogens is 641 g/mol. The number of ether oxygens (including phenoxy) is 1. The van der Waals surface area contributed by atoms with Crippen LogP contribution in [0.4, 0.5) is 11.4 Å². The number of anilines is 2. The van der Waals surface area contributed by atoms with E-state index in [9.17, 15) is 0 Å². The van der Waals surface area contributed by atoms with Crippen LogP contribution in [-0.4, -0.2) is 46.2 Å². The molecule has 0 bridgehead atoms. The SMILES string of the molecule is CC1=C(c2ccc(-c3ccccc3)nc2)N(C)C2N1c1cccc3c1C21c2c(cccc2N2C(C)=C(c4ccc(-c5ccccc5)nc4)N(C)C21)O3. The molecule has 2 unspecified atom stereocenters. The lowest BCUT2D eigenvalue weighted by Crippen LogP contribution is -2.60. The molecule has 7 heteroatoms. The maximum atomic E-state index is 6.82. The van der Waals surface area contributed by atoms with Crippen LogP contribution in [0.1, 0.15) is 36.1 Å². The molecule has 0 radical (unpaired) electrons. The molecule has 1 spiro atoms. The first-order valence-corrected chi connectivity index (χ1v) is 17.9. The zero-order valence-corrected chi connectivity index (χ0v) is 29.4. The van der Waals surface area contributed by atoms with Crippen LogP contribution >= 0.6 is 0 Å². The Morgan fingerprint density at radius 2 is 0.942 bits per heavy atom. The molecule has 0 aliphatic carbocycles. The number of likely N-dealkylation sites (N-methyl/N-ethyl adjacent to an activating group) is 2. The minimum atomic E-state index is -0.472. The van der Waals surface area contributed by atoms with Gasteiger partial charge in [-0.05, 0) is 62.4 Å². The number of aromatic nitrogens is 2. The van der Waals surface area contributed by atoms with Crippen LogP contribution in [0.2, 0.25) is 0 Å². The first kappa shape index (κ1) is 29.4. The Balaban J connectivity index is 1.07. The van der Waals surface area contributed by atoms with Gasteiger partial charge >= 0.3 is 0 Å². The summed E-state index contributed by atoms with van der Waals surface area (Å²) < 4.78 is 6.82. The lowest BCUT2D eigenvalue weighted by molar-refractivity contribution is 0.176. The molecule has 2 aromatic heterocycles. The van der Waals surface area contributed by atoms with Crippen LogP contribution in [0.3, 0.4) is 0 Å². The van der Waals surface area contributed by atoms with Crippen molar-refractivity contribution in [3.05, 3.63) is 167 Å². The summed E-state index contributed by atoms with van der Waals surface area (Å²) in [5.41, 5.74) is 15.6. The summed E-state index contributed by atoms with van der Waals surface area (Å²) in [4.78, 5) is 20.1. The van der Waals surface area contributed by atoms with Crippen molar-refractivity contribution >= 4 is 22.8 Å². The molecule has 52 heavy (non-hydrogen) atoms. The zero-order valence-electron chi connectivity index (χ0n) is 29.4. The Labute approximate surface area is 303 Å². The van der Waals surface area contributed by atoms with E-state index in [0.717, 1.165) is 45.1 Å². The number of rotatable bonds is 4. The predicted molar refractivity (Wildman–Crippen MR) is 206 cm³/mol. The smallest absolute Gasteiger partial charge is 0.133 e. The molecule has 0 amide bonds. The summed E-state index contributed by atoms with van der Waals surface area (Å²) in [6.07, 6.45) is 3.99. The van der Waals surface area contributed by atoms with Crippen molar-refractivity contribution in [3.8, 4) is 34.0 Å². The van der Waals surface area contributed by atoms with E-state index < -0.39 is 5.41 Å². The summed E-state index contributed by atoms with van der Waals surface area (Å²) in [7, 11) is 4.52. The predicted octanol–water partition coefficient (Wildman–Crippen LogP) is 9.16. The highest BCUT2D eigenvalue weighted by Gasteiger charge is 2.72. The molecule has 6 aromatic rings. The highest BCUT2D eigenvalue weighted by molar-refractivity contribution is 5.93. The van der Waals surface area contributed by atoms with Crippen molar-refractivity contribution < 1.29 is 4.74 Å². The maximum Gasteiger partial charge on any atom is 0.133 e. The van der Waals surface area contributed by atoms with E-state index in [2.05, 4.69) is 157 Å². The van der Waals surface area contributed by atoms with Crippen LogP contribution in [0.25, 0.3) is 33.9 Å². The van der Waals surface area contributed by atoms with Gasteiger partial charge in [0.2, 0.25) is 0 Å². The summed E-state index contributed by atoms with van der Waals surface area (Å²) in [5, 5.41) is 0. The van der Waals surface area contributed by atoms with Crippen LogP contribution < -0.4 is 14.5 Å². The second-order valence-electron chi connectivity index (χ2n) is 14.4. The highest BCUT2D eigenvalue weighted by Crippen LogP contribution is 2.71. The third-order valence-corrected chi connectivity index (χ3v) is 11.9. The molecule has 4 aromatic carbocycles. The maximum absolute atomic E-state index is 6.82. The molecule has 5 aliphatic heterocycles. The van der Waals surface area contributed by atoms with Gasteiger partial charge in [0.1, 0.15) is 29.2 Å². The molecule has 5 aliphatic rings. The van der Waals surface area contributed by atoms with Crippen molar-refractivity contribution in [1.82, 2.24) is 19.8 Å². The Hall–Kier alpha value is -6.34. The molecular formula is C45H36N6O. The van der Waals surface area contributed by atoms with Crippen LogP contribution in [0.15, 0.2) is 145 Å². The summed E-state index contributed by atoms with van der Waals surface area (Å²) in [6.45, 7) is 4.52. The molecule has 0 fully saturated rings. The lowest BCUT2D eigenvalue weighted by Gasteiger charge is -2.46. The molecule has 252 valence electrons. The van der Waals surface area contributed by atoms with Gasteiger partial charge in [0.25, 0.3) is 0 Å². The fraction of sp³-hybridized carbons (Fsp3) is 0.156. The van der Waals surface area contributed by atoms with Gasteiger partial charge in [-0.1, -0.05) is 72.8 Å². The first-order valence-electron chi connectivity index (χ1n) is 17.9. The van der Waals surface area contributed by atoms with E-state index >= 15 is 0 Å². The fourth-order valence-corrected chi connectivity index (χ4v) is 10.1. The van der Waals surface area contributed by atoms with Gasteiger partial charge in [-0.15, -0.1) is 0 Å². The third kappa shape index (κ3) is 3.55. The van der Waals surface area contributed by atoms with Gasteiger partial charge in [-0.2, -0.15) is 0 Å². The summed E-state index contributed by atoms with van der Waals surface area (Å²) >= 11 is 0. The van der Waals surface area contributed by atoms with Gasteiger partial charge in [0.15, 0.2) is 0 Å². The quantitative estimate of drug-likeness (QED) is 0.185. The lowest BCUT2D eigenvalue weighted by atomic mass is 9.70. The number of benzene rings is 4. The third-order valence-electron chi connectivity index (χ3n) is 11.9. The monoisotopic (exact) mass is 676 g/mol. The van der Waals surface area contributed by atoms with Crippen molar-refractivity contribution in [3.63, 3.8) is 0 Å². The molecule has 11 rings (SSSR count). The first-order chi connectivity index (χ1) is 25.5. The van der Waals surface area contributed by atoms with Crippen molar-refractivity contribution in [2.45, 2.75) is 31.6 Å². The Bertz CT molecular complexity index is 2330. The molecule has 2 atom stereocenters. The van der Waals surface area contributed by atoms with Crippen LogP contribution in [0.5, 0.6) is 11.5 Å². The number of allylic oxidation sites excluding steroid dienone is 2. The summed E-state index contributed by atoms with van der Waals surface area (Å²) in [6, 6.07) is 42.6. The van der Waals surface area contributed by atoms with Gasteiger partial charge in [0.05, 0.1) is 34.2 Å². The average molecular weight is 677 g/mol. The molecule has 0 saturated heterocycles. The number of pyridine rings is 2. The highest BCUT2D eigenvalue weighted by atomic mass is 16.5. The number of hydrogen-bond acceptors (Lipinski definition) is 7. The topological polar surface area (TPSA) is 48.0 Å². The van der Waals surface area contributed by atoms with Crippen molar-refractivity contribution in [1.29, 1.82) is 0 Å². The van der Waals surface area contributed by atoms with Gasteiger partial charge in [0, 0.05) is 71.3 Å². The van der Waals surface area contributed by atoms with Gasteiger partial charge in [-0.25, -0.2) is 0 Å². The zero-order chi connectivity index (χ0) is 34.9. The molecule has 0 N–H and O–H groups in total. The van der Waals surface area contributed by atoms with Gasteiger partial charge < -0.3 is 24.3 Å². The number of hydrogen-bond donors (Lipinski definition) is 0. The second-order valence-corrected chi connectivity index (χ2v) is 14.4. The van der Waals surface area contributed by atoms with Crippen LogP contribution in [0, 0.1) is 0 Å². The largest absolute Gasteiger partial charge is 0.457 e. The Morgan fingerprint density at radius 3 is 1.35 bits per heavy atom. The number of nitrogens with zero attached hydrogens (tertiary/aromatic N) is 6. The molecule has 7 heterocycles. The Kier molecular flexibility index (Phi) is 5.86. The van der Waals surface area contributed by atoms with E-state index in [1.165, 1.54) is 45.3 Å². The van der Waals surface area contributed by atoms with E-state index in [-0.39, 0.29) is 12.3 Å². The van der Waals surface area contributed by atoms with Crippen molar-refractivity contribution in [2.24, 2.45) is 0 Å². The second kappa shape index (κ2) is 10.4. The van der Waals surface area contributed by atoms with E-state index in [4.69, 9.17) is 14.7 Å². The Morgan fingerprint density at radius 1 is 0.500 bits per heavy atom. The van der Waals surface area contributed by atoms with E-state index in [1.54, 1.807) is 0 Å². The van der Waals surface area contributed by atoms with Crippen molar-refractivity contribution in [2.75, 3.05) is 23.9 Å². The van der Waals surface area contributed by atoms with E-state index in [0.29, 0.717) is 0 Å². The van der Waals surface area contributed by atoms with E-state index in [1.807, 2.05) is 24.5 Å². The molecule has 7 nitrogen and oxygen atoms in total. The minimum Gasteiger partial charge on any atom is -0.457 e.